The van der Waals surface area contributed by atoms with Crippen LogP contribution in [0.1, 0.15) is 27.2 Å². The first-order valence-electron chi connectivity index (χ1n) is 6.05. The highest BCUT2D eigenvalue weighted by atomic mass is 19.1. The predicted molar refractivity (Wildman–Crippen MR) is 68.4 cm³/mol. The molecule has 0 bridgehead atoms. The fourth-order valence-electron chi connectivity index (χ4n) is 2.30. The summed E-state index contributed by atoms with van der Waals surface area (Å²) in [5.74, 6) is 0.138. The molecule has 0 saturated carbocycles. The third-order valence-corrected chi connectivity index (χ3v) is 2.85. The first kappa shape index (κ1) is 12.8. The molecule has 2 rings (SSSR count). The number of hydrogen-bond acceptors (Lipinski definition) is 2. The zero-order valence-electron chi connectivity index (χ0n) is 10.8. The molecule has 98 valence electrons. The summed E-state index contributed by atoms with van der Waals surface area (Å²) in [7, 11) is 0. The van der Waals surface area contributed by atoms with E-state index in [1.807, 2.05) is 6.92 Å². The van der Waals surface area contributed by atoms with Gasteiger partial charge < -0.3 is 5.32 Å². The van der Waals surface area contributed by atoms with Crippen LogP contribution in [0, 0.1) is 11.7 Å². The number of urea groups is 1. The summed E-state index contributed by atoms with van der Waals surface area (Å²) in [6.07, 6.45) is 0.816. The second-order valence-electron chi connectivity index (χ2n) is 5.28. The molecular weight excluding hydrogens is 233 g/mol. The van der Waals surface area contributed by atoms with E-state index in [4.69, 9.17) is 0 Å². The average molecular weight is 251 g/mol. The topological polar surface area (TPSA) is 44.4 Å². The smallest absolute Gasteiger partial charge is 0.317 e. The van der Waals surface area contributed by atoms with E-state index in [0.717, 1.165) is 6.42 Å². The maximum absolute atomic E-state index is 12.9. The van der Waals surface area contributed by atoms with Gasteiger partial charge in [0.1, 0.15) is 11.5 Å². The molecule has 0 spiro atoms. The van der Waals surface area contributed by atoms with Crippen molar-refractivity contribution in [2.75, 3.05) is 5.01 Å². The van der Waals surface area contributed by atoms with Crippen LogP contribution in [0.3, 0.4) is 0 Å². The Bertz CT molecular complexity index is 446. The fourth-order valence-corrected chi connectivity index (χ4v) is 2.30. The van der Waals surface area contributed by atoms with Crippen LogP contribution >= 0.6 is 0 Å². The highest BCUT2D eigenvalue weighted by Gasteiger charge is 2.39. The monoisotopic (exact) mass is 251 g/mol. The zero-order chi connectivity index (χ0) is 13.3. The summed E-state index contributed by atoms with van der Waals surface area (Å²) < 4.78 is 12.9. The van der Waals surface area contributed by atoms with E-state index in [0.29, 0.717) is 11.6 Å². The van der Waals surface area contributed by atoms with Gasteiger partial charge in [0.25, 0.3) is 0 Å². The van der Waals surface area contributed by atoms with Crippen LogP contribution in [0.25, 0.3) is 0 Å². The molecule has 2 N–H and O–H groups in total. The highest BCUT2D eigenvalue weighted by Crippen LogP contribution is 2.23. The normalized spacial score (nSPS) is 23.6. The molecular formula is C13H18FN3O. The maximum Gasteiger partial charge on any atom is 0.338 e. The van der Waals surface area contributed by atoms with Crippen LogP contribution in [0.2, 0.25) is 0 Å². The minimum Gasteiger partial charge on any atom is -0.317 e. The Kier molecular flexibility index (Phi) is 3.26. The van der Waals surface area contributed by atoms with Gasteiger partial charge in [0, 0.05) is 0 Å². The molecule has 1 fully saturated rings. The standard InChI is InChI=1S/C13H18FN3O/c1-9(2)8-13(3)15-12(18)17(16-13)11-6-4-10(14)5-7-11/h4-7,9,16H,8H2,1-3H3,(H,15,18). The Labute approximate surface area is 106 Å². The second-order valence-corrected chi connectivity index (χ2v) is 5.28. The van der Waals surface area contributed by atoms with E-state index in [-0.39, 0.29) is 11.8 Å². The number of hydrazine groups is 1. The number of rotatable bonds is 3. The molecule has 1 aliphatic heterocycles. The van der Waals surface area contributed by atoms with Crippen LogP contribution < -0.4 is 15.8 Å². The van der Waals surface area contributed by atoms with Gasteiger partial charge in [-0.3, -0.25) is 0 Å². The molecule has 0 radical (unpaired) electrons. The van der Waals surface area contributed by atoms with Gasteiger partial charge in [-0.15, -0.1) is 0 Å². The number of nitrogens with zero attached hydrogens (tertiary/aromatic N) is 1. The average Bonchev–Trinajstić information content (AvgIpc) is 2.54. The third-order valence-electron chi connectivity index (χ3n) is 2.85. The predicted octanol–water partition coefficient (Wildman–Crippen LogP) is 2.62. The van der Waals surface area contributed by atoms with Gasteiger partial charge in [0.2, 0.25) is 0 Å². The highest BCUT2D eigenvalue weighted by molar-refractivity contribution is 5.93. The Morgan fingerprint density at radius 1 is 1.33 bits per heavy atom. The molecule has 1 saturated heterocycles. The number of halogens is 1. The molecule has 4 nitrogen and oxygen atoms in total. The summed E-state index contributed by atoms with van der Waals surface area (Å²) in [6.45, 7) is 6.13. The molecule has 2 amide bonds. The molecule has 5 heteroatoms. The molecule has 1 aromatic carbocycles. The summed E-state index contributed by atoms with van der Waals surface area (Å²) in [5.41, 5.74) is 3.30. The van der Waals surface area contributed by atoms with Crippen LogP contribution in [0.5, 0.6) is 0 Å². The summed E-state index contributed by atoms with van der Waals surface area (Å²) >= 11 is 0. The van der Waals surface area contributed by atoms with Gasteiger partial charge in [-0.05, 0) is 43.5 Å². The van der Waals surface area contributed by atoms with Crippen LogP contribution in [0.4, 0.5) is 14.9 Å². The summed E-state index contributed by atoms with van der Waals surface area (Å²) in [6, 6.07) is 5.60. The second kappa shape index (κ2) is 4.57. The van der Waals surface area contributed by atoms with Gasteiger partial charge in [-0.2, -0.15) is 0 Å². The Morgan fingerprint density at radius 2 is 1.94 bits per heavy atom. The van der Waals surface area contributed by atoms with Crippen molar-refractivity contribution >= 4 is 11.7 Å². The number of hydrogen-bond donors (Lipinski definition) is 2. The summed E-state index contributed by atoms with van der Waals surface area (Å²) in [4.78, 5) is 11.9. The van der Waals surface area contributed by atoms with Crippen molar-refractivity contribution in [2.24, 2.45) is 5.92 Å². The van der Waals surface area contributed by atoms with Crippen molar-refractivity contribution in [3.63, 3.8) is 0 Å². The van der Waals surface area contributed by atoms with E-state index in [1.165, 1.54) is 17.1 Å². The molecule has 1 unspecified atom stereocenters. The first-order valence-corrected chi connectivity index (χ1v) is 6.05. The minimum atomic E-state index is -0.459. The van der Waals surface area contributed by atoms with Gasteiger partial charge in [0.15, 0.2) is 0 Å². The molecule has 18 heavy (non-hydrogen) atoms. The first-order chi connectivity index (χ1) is 8.39. The lowest BCUT2D eigenvalue weighted by Crippen LogP contribution is -2.49. The van der Waals surface area contributed by atoms with Crippen molar-refractivity contribution in [2.45, 2.75) is 32.9 Å². The minimum absolute atomic E-state index is 0.218. The number of anilines is 1. The molecule has 1 atom stereocenters. The number of nitrogens with one attached hydrogen (secondary N) is 2. The molecule has 1 heterocycles. The zero-order valence-corrected chi connectivity index (χ0v) is 10.8. The Morgan fingerprint density at radius 3 is 2.50 bits per heavy atom. The van der Waals surface area contributed by atoms with Crippen molar-refractivity contribution in [1.29, 1.82) is 0 Å². The molecule has 0 aliphatic carbocycles. The van der Waals surface area contributed by atoms with E-state index in [2.05, 4.69) is 24.6 Å². The lowest BCUT2D eigenvalue weighted by Gasteiger charge is -2.26. The van der Waals surface area contributed by atoms with Crippen molar-refractivity contribution in [1.82, 2.24) is 10.7 Å². The lowest BCUT2D eigenvalue weighted by atomic mass is 10.0. The van der Waals surface area contributed by atoms with Gasteiger partial charge in [-0.25, -0.2) is 19.6 Å². The fraction of sp³-hybridized carbons (Fsp3) is 0.462. The molecule has 1 aromatic rings. The summed E-state index contributed by atoms with van der Waals surface area (Å²) in [5, 5.41) is 4.33. The Balaban J connectivity index is 2.16. The van der Waals surface area contributed by atoms with Crippen LogP contribution in [-0.2, 0) is 0 Å². The number of amides is 2. The van der Waals surface area contributed by atoms with Gasteiger partial charge in [0.05, 0.1) is 5.69 Å². The van der Waals surface area contributed by atoms with E-state index in [9.17, 15) is 9.18 Å². The third kappa shape index (κ3) is 2.61. The van der Waals surface area contributed by atoms with Gasteiger partial charge >= 0.3 is 6.03 Å². The maximum atomic E-state index is 12.9. The lowest BCUT2D eigenvalue weighted by molar-refractivity contribution is 0.243. The van der Waals surface area contributed by atoms with Crippen molar-refractivity contribution in [3.05, 3.63) is 30.1 Å². The van der Waals surface area contributed by atoms with Gasteiger partial charge in [-0.1, -0.05) is 13.8 Å². The van der Waals surface area contributed by atoms with E-state index < -0.39 is 5.66 Å². The van der Waals surface area contributed by atoms with Crippen LogP contribution in [0.15, 0.2) is 24.3 Å². The number of carbonyl (C=O) groups excluding carboxylic acids is 1. The Hall–Kier alpha value is -1.62. The van der Waals surface area contributed by atoms with E-state index >= 15 is 0 Å². The number of benzene rings is 1. The van der Waals surface area contributed by atoms with E-state index in [1.54, 1.807) is 12.1 Å². The van der Waals surface area contributed by atoms with Crippen molar-refractivity contribution in [3.8, 4) is 0 Å². The SMILES string of the molecule is CC(C)CC1(C)NC(=O)N(c2ccc(F)cc2)N1. The van der Waals surface area contributed by atoms with Crippen molar-refractivity contribution < 1.29 is 9.18 Å². The molecule has 0 aromatic heterocycles. The largest absolute Gasteiger partial charge is 0.338 e. The van der Waals surface area contributed by atoms with Crippen LogP contribution in [-0.4, -0.2) is 11.7 Å². The number of carbonyl (C=O) groups is 1. The quantitative estimate of drug-likeness (QED) is 0.867. The molecule has 1 aliphatic rings.